The first-order valence-corrected chi connectivity index (χ1v) is 10.4. The highest BCUT2D eigenvalue weighted by Crippen LogP contribution is 2.24. The summed E-state index contributed by atoms with van der Waals surface area (Å²) in [5, 5.41) is 4.24. The molecule has 2 aliphatic heterocycles. The predicted octanol–water partition coefficient (Wildman–Crippen LogP) is 1.42. The lowest BCUT2D eigenvalue weighted by Gasteiger charge is -2.37. The third-order valence-electron chi connectivity index (χ3n) is 5.77. The number of rotatable bonds is 6. The molecular formula is C20H33N5O2. The number of piperidine rings is 1. The molecule has 1 amide bonds. The maximum Gasteiger partial charge on any atom is 0.268 e. The Morgan fingerprint density at radius 2 is 1.96 bits per heavy atom. The molecule has 0 bridgehead atoms. The van der Waals surface area contributed by atoms with E-state index in [1.165, 1.54) is 11.1 Å². The Bertz CT molecular complexity index is 681. The third-order valence-corrected chi connectivity index (χ3v) is 5.77. The maximum absolute atomic E-state index is 12.7. The Balaban J connectivity index is 1.53. The van der Waals surface area contributed by atoms with E-state index in [1.807, 2.05) is 11.8 Å². The van der Waals surface area contributed by atoms with Gasteiger partial charge in [0.15, 0.2) is 0 Å². The number of anilines is 1. The summed E-state index contributed by atoms with van der Waals surface area (Å²) in [6, 6.07) is 1.67. The second-order valence-electron chi connectivity index (χ2n) is 7.75. The van der Waals surface area contributed by atoms with Gasteiger partial charge < -0.3 is 9.80 Å². The average molecular weight is 376 g/mol. The number of aromatic nitrogens is 2. The van der Waals surface area contributed by atoms with Crippen molar-refractivity contribution in [3.63, 3.8) is 0 Å². The Morgan fingerprint density at radius 3 is 2.63 bits per heavy atom. The first-order chi connectivity index (χ1) is 13.1. The van der Waals surface area contributed by atoms with Crippen LogP contribution in [0.2, 0.25) is 0 Å². The number of carbonyl (C=O) groups is 1. The molecule has 1 aromatic heterocycles. The topological polar surface area (TPSA) is 61.7 Å². The van der Waals surface area contributed by atoms with Crippen LogP contribution >= 0.6 is 0 Å². The van der Waals surface area contributed by atoms with Crippen LogP contribution in [0.4, 0.5) is 5.69 Å². The van der Waals surface area contributed by atoms with E-state index in [-0.39, 0.29) is 11.5 Å². The molecule has 27 heavy (non-hydrogen) atoms. The van der Waals surface area contributed by atoms with Gasteiger partial charge in [-0.15, -0.1) is 0 Å². The van der Waals surface area contributed by atoms with Gasteiger partial charge in [-0.1, -0.05) is 6.92 Å². The number of hydrogen-bond donors (Lipinski definition) is 0. The van der Waals surface area contributed by atoms with Crippen molar-refractivity contribution >= 4 is 11.6 Å². The molecule has 2 saturated heterocycles. The molecule has 150 valence electrons. The lowest BCUT2D eigenvalue weighted by molar-refractivity contribution is -0.134. The van der Waals surface area contributed by atoms with Crippen LogP contribution in [0.1, 0.15) is 39.5 Å². The Morgan fingerprint density at radius 1 is 1.19 bits per heavy atom. The zero-order chi connectivity index (χ0) is 19.2. The molecule has 0 aliphatic carbocycles. The van der Waals surface area contributed by atoms with Crippen molar-refractivity contribution in [3.8, 4) is 0 Å². The Hall–Kier alpha value is -1.89. The number of carbonyl (C=O) groups excluding carboxylic acids is 1. The number of piperazine rings is 1. The van der Waals surface area contributed by atoms with Crippen molar-refractivity contribution in [2.75, 3.05) is 50.7 Å². The van der Waals surface area contributed by atoms with E-state index in [1.54, 1.807) is 12.3 Å². The molecule has 7 nitrogen and oxygen atoms in total. The van der Waals surface area contributed by atoms with Crippen LogP contribution in [0.5, 0.6) is 0 Å². The fourth-order valence-corrected chi connectivity index (χ4v) is 4.21. The van der Waals surface area contributed by atoms with Gasteiger partial charge in [-0.2, -0.15) is 5.10 Å². The van der Waals surface area contributed by atoms with Crippen molar-refractivity contribution in [2.24, 2.45) is 5.92 Å². The highest BCUT2D eigenvalue weighted by Gasteiger charge is 2.27. The lowest BCUT2D eigenvalue weighted by Crippen LogP contribution is -2.49. The van der Waals surface area contributed by atoms with Crippen molar-refractivity contribution in [3.05, 3.63) is 22.6 Å². The van der Waals surface area contributed by atoms with Gasteiger partial charge in [0.1, 0.15) is 0 Å². The average Bonchev–Trinajstić information content (AvgIpc) is 2.69. The van der Waals surface area contributed by atoms with E-state index >= 15 is 0 Å². The smallest absolute Gasteiger partial charge is 0.268 e. The number of aryl methyl sites for hydroxylation is 1. The Labute approximate surface area is 161 Å². The van der Waals surface area contributed by atoms with Crippen molar-refractivity contribution in [1.29, 1.82) is 0 Å². The second kappa shape index (κ2) is 9.35. The molecule has 0 aromatic carbocycles. The normalized spacial score (nSPS) is 21.5. The van der Waals surface area contributed by atoms with Gasteiger partial charge in [-0.25, -0.2) is 4.68 Å². The summed E-state index contributed by atoms with van der Waals surface area (Å²) in [6.07, 6.45) is 5.70. The van der Waals surface area contributed by atoms with Crippen LogP contribution in [-0.4, -0.2) is 71.3 Å². The summed E-state index contributed by atoms with van der Waals surface area (Å²) in [6.45, 7) is 11.3. The van der Waals surface area contributed by atoms with Gasteiger partial charge in [-0.3, -0.25) is 14.5 Å². The summed E-state index contributed by atoms with van der Waals surface area (Å²) < 4.78 is 1.46. The molecule has 1 unspecified atom stereocenters. The van der Waals surface area contributed by atoms with Gasteiger partial charge in [0, 0.05) is 58.3 Å². The van der Waals surface area contributed by atoms with Crippen LogP contribution in [-0.2, 0) is 11.3 Å². The van der Waals surface area contributed by atoms with Crippen molar-refractivity contribution in [1.82, 2.24) is 19.6 Å². The fourth-order valence-electron chi connectivity index (χ4n) is 4.21. The second-order valence-corrected chi connectivity index (χ2v) is 7.75. The van der Waals surface area contributed by atoms with Gasteiger partial charge in [0.05, 0.1) is 11.9 Å². The van der Waals surface area contributed by atoms with Gasteiger partial charge in [0.2, 0.25) is 5.91 Å². The van der Waals surface area contributed by atoms with Crippen LogP contribution in [0.3, 0.4) is 0 Å². The van der Waals surface area contributed by atoms with E-state index in [0.717, 1.165) is 64.3 Å². The highest BCUT2D eigenvalue weighted by atomic mass is 16.2. The van der Waals surface area contributed by atoms with Gasteiger partial charge in [0.25, 0.3) is 5.56 Å². The summed E-state index contributed by atoms with van der Waals surface area (Å²) in [5.41, 5.74) is 0.827. The maximum atomic E-state index is 12.7. The highest BCUT2D eigenvalue weighted by molar-refractivity contribution is 5.76. The summed E-state index contributed by atoms with van der Waals surface area (Å²) in [4.78, 5) is 31.5. The lowest BCUT2D eigenvalue weighted by atomic mass is 9.93. The standard InChI is InChI=1S/C20H33N5O2/c1-3-7-22-9-11-23(12-10-22)19(26)13-17-6-5-8-24(16-17)18-14-20(27)25(4-2)21-15-18/h14-15,17H,3-13,16H2,1-2H3. The fraction of sp³-hybridized carbons (Fsp3) is 0.750. The minimum Gasteiger partial charge on any atom is -0.370 e. The molecule has 0 spiro atoms. The molecule has 3 rings (SSSR count). The summed E-state index contributed by atoms with van der Waals surface area (Å²) in [5.74, 6) is 0.644. The zero-order valence-electron chi connectivity index (χ0n) is 16.8. The van der Waals surface area contributed by atoms with Crippen LogP contribution < -0.4 is 10.5 Å². The molecule has 3 heterocycles. The summed E-state index contributed by atoms with van der Waals surface area (Å²) >= 11 is 0. The molecular weight excluding hydrogens is 342 g/mol. The molecule has 1 aromatic rings. The first-order valence-electron chi connectivity index (χ1n) is 10.4. The minimum atomic E-state index is -0.0573. The van der Waals surface area contributed by atoms with E-state index in [2.05, 4.69) is 21.8 Å². The molecule has 0 radical (unpaired) electrons. The number of hydrogen-bond acceptors (Lipinski definition) is 5. The number of amides is 1. The SMILES string of the molecule is CCCN1CCN(C(=O)CC2CCCN(c3cnn(CC)c(=O)c3)C2)CC1. The van der Waals surface area contributed by atoms with Crippen molar-refractivity contribution in [2.45, 2.75) is 46.1 Å². The van der Waals surface area contributed by atoms with Crippen LogP contribution in [0.15, 0.2) is 17.1 Å². The summed E-state index contributed by atoms with van der Waals surface area (Å²) in [7, 11) is 0. The van der Waals surface area contributed by atoms with Crippen LogP contribution in [0, 0.1) is 5.92 Å². The van der Waals surface area contributed by atoms with Gasteiger partial charge >= 0.3 is 0 Å². The molecule has 0 saturated carbocycles. The van der Waals surface area contributed by atoms with E-state index < -0.39 is 0 Å². The first kappa shape index (κ1) is 19.9. The predicted molar refractivity (Wildman–Crippen MR) is 107 cm³/mol. The quantitative estimate of drug-likeness (QED) is 0.753. The van der Waals surface area contributed by atoms with Crippen molar-refractivity contribution < 1.29 is 4.79 Å². The largest absolute Gasteiger partial charge is 0.370 e. The van der Waals surface area contributed by atoms with Gasteiger partial charge in [-0.05, 0) is 38.6 Å². The third kappa shape index (κ3) is 5.09. The number of nitrogens with zero attached hydrogens (tertiary/aromatic N) is 5. The van der Waals surface area contributed by atoms with Crippen LogP contribution in [0.25, 0.3) is 0 Å². The Kier molecular flexibility index (Phi) is 6.88. The monoisotopic (exact) mass is 375 g/mol. The zero-order valence-corrected chi connectivity index (χ0v) is 16.8. The molecule has 2 aliphatic rings. The molecule has 0 N–H and O–H groups in total. The molecule has 7 heteroatoms. The van der Waals surface area contributed by atoms with E-state index in [0.29, 0.717) is 18.9 Å². The molecule has 2 fully saturated rings. The minimum absolute atomic E-state index is 0.0573. The van der Waals surface area contributed by atoms with E-state index in [4.69, 9.17) is 0 Å². The van der Waals surface area contributed by atoms with E-state index in [9.17, 15) is 9.59 Å². The molecule has 1 atom stereocenters.